The minimum Gasteiger partial charge on any atom is -0.359 e. The van der Waals surface area contributed by atoms with Crippen LogP contribution in [0, 0.1) is 5.92 Å². The summed E-state index contributed by atoms with van der Waals surface area (Å²) in [6.45, 7) is 10.0. The van der Waals surface area contributed by atoms with Gasteiger partial charge in [-0.25, -0.2) is 9.97 Å². The molecule has 1 aliphatic carbocycles. The topological polar surface area (TPSA) is 117 Å². The Labute approximate surface area is 287 Å². The molecule has 8 rings (SSSR count). The number of benzene rings is 2. The van der Waals surface area contributed by atoms with Crippen LogP contribution >= 0.6 is 0 Å². The molecule has 10 heteroatoms. The number of fused-ring (bicyclic) bond motifs is 2. The smallest absolute Gasteiger partial charge is 0.274 e. The quantitative estimate of drug-likeness (QED) is 0.207. The maximum Gasteiger partial charge on any atom is 0.274 e. The summed E-state index contributed by atoms with van der Waals surface area (Å²) in [7, 11) is 1.79. The van der Waals surface area contributed by atoms with E-state index < -0.39 is 5.60 Å². The molecule has 0 amide bonds. The average Bonchev–Trinajstić information content (AvgIpc) is 3.81. The van der Waals surface area contributed by atoms with Crippen molar-refractivity contribution in [1.29, 1.82) is 0 Å². The molecule has 2 aromatic carbocycles. The van der Waals surface area contributed by atoms with E-state index in [-0.39, 0.29) is 18.2 Å². The third-order valence-electron chi connectivity index (χ3n) is 11.0. The number of pyridine rings is 1. The van der Waals surface area contributed by atoms with E-state index in [1.54, 1.807) is 11.6 Å². The number of hydrogen-bond acceptors (Lipinski definition) is 8. The van der Waals surface area contributed by atoms with E-state index in [9.17, 15) is 4.79 Å². The number of aryl methyl sites for hydroxylation is 1. The number of nitrogens with one attached hydrogen (secondary N) is 2. The first-order valence-corrected chi connectivity index (χ1v) is 18.0. The number of aromatic amines is 1. The van der Waals surface area contributed by atoms with E-state index in [2.05, 4.69) is 64.3 Å². The largest absolute Gasteiger partial charge is 0.359 e. The average molecular weight is 661 g/mol. The lowest BCUT2D eigenvalue weighted by molar-refractivity contribution is -0.0258. The minimum atomic E-state index is -0.947. The molecule has 0 radical (unpaired) electrons. The second-order valence-electron chi connectivity index (χ2n) is 14.6. The molecule has 3 fully saturated rings. The standard InChI is InChI=1S/C39H48N8O2/c1-25-21-47(26(2)20-42-25)22-27-14-17-46(18-15-27)38-43-34-12-9-28(33-23-45(3)37(48)35-31(33)13-16-41-35)19-32(34)36(44-38)39(24-40,49-30-10-11-30)29-7-5-4-6-8-29/h4-9,12-13,16,19,23,25-27,30,41-42H,10-11,14-15,17-18,20-22,24,40H2,1-3H3/t25-,26+,39?/m1/s1. The highest BCUT2D eigenvalue weighted by molar-refractivity contribution is 5.97. The summed E-state index contributed by atoms with van der Waals surface area (Å²) in [5, 5.41) is 5.41. The molecule has 10 nitrogen and oxygen atoms in total. The molecular formula is C39H48N8O2. The fourth-order valence-corrected chi connectivity index (χ4v) is 7.93. The first-order chi connectivity index (χ1) is 23.8. The lowest BCUT2D eigenvalue weighted by atomic mass is 9.86. The number of H-pyrrole nitrogens is 1. The molecule has 1 saturated carbocycles. The lowest BCUT2D eigenvalue weighted by Gasteiger charge is -2.41. The van der Waals surface area contributed by atoms with E-state index in [0.29, 0.717) is 23.5 Å². The molecule has 2 saturated heterocycles. The molecule has 3 aliphatic rings. The van der Waals surface area contributed by atoms with Gasteiger partial charge in [-0.2, -0.15) is 0 Å². The van der Waals surface area contributed by atoms with Crippen LogP contribution in [-0.2, 0) is 17.4 Å². The first kappa shape index (κ1) is 32.1. The molecule has 3 atom stereocenters. The molecule has 3 aromatic heterocycles. The molecule has 49 heavy (non-hydrogen) atoms. The summed E-state index contributed by atoms with van der Waals surface area (Å²) in [5.41, 5.74) is 11.0. The van der Waals surface area contributed by atoms with Crippen LogP contribution in [0.25, 0.3) is 32.9 Å². The monoisotopic (exact) mass is 660 g/mol. The van der Waals surface area contributed by atoms with Crippen molar-refractivity contribution in [1.82, 2.24) is 29.7 Å². The molecule has 5 heterocycles. The van der Waals surface area contributed by atoms with Gasteiger partial charge in [-0.05, 0) is 74.8 Å². The van der Waals surface area contributed by atoms with Crippen LogP contribution in [0.1, 0.15) is 50.8 Å². The Morgan fingerprint density at radius 2 is 1.80 bits per heavy atom. The van der Waals surface area contributed by atoms with Crippen LogP contribution in [0.5, 0.6) is 0 Å². The SMILES string of the molecule is C[C@@H]1CN(CC2CCN(c3nc(C(CN)(OC4CC4)c4ccccc4)c4cc(-c5cn(C)c(=O)c6[nH]ccc56)ccc4n3)CC2)[C@@H](C)CN1. The highest BCUT2D eigenvalue weighted by Gasteiger charge is 2.43. The Morgan fingerprint density at radius 3 is 2.55 bits per heavy atom. The number of nitrogens with two attached hydrogens (primary N) is 1. The molecule has 5 aromatic rings. The van der Waals surface area contributed by atoms with E-state index in [1.165, 1.54) is 0 Å². The normalized spacial score (nSPS) is 22.2. The number of piperazine rings is 1. The fourth-order valence-electron chi connectivity index (χ4n) is 7.93. The van der Waals surface area contributed by atoms with Crippen molar-refractivity contribution >= 4 is 27.8 Å². The zero-order valence-corrected chi connectivity index (χ0v) is 28.9. The maximum atomic E-state index is 12.9. The van der Waals surface area contributed by atoms with Crippen LogP contribution < -0.4 is 21.5 Å². The van der Waals surface area contributed by atoms with Crippen molar-refractivity contribution in [3.8, 4) is 11.1 Å². The second-order valence-corrected chi connectivity index (χ2v) is 14.6. The predicted octanol–water partition coefficient (Wildman–Crippen LogP) is 4.76. The van der Waals surface area contributed by atoms with E-state index in [1.807, 2.05) is 36.7 Å². The van der Waals surface area contributed by atoms with Gasteiger partial charge in [-0.1, -0.05) is 36.4 Å². The van der Waals surface area contributed by atoms with E-state index >= 15 is 0 Å². The summed E-state index contributed by atoms with van der Waals surface area (Å²) in [5.74, 6) is 1.39. The van der Waals surface area contributed by atoms with E-state index in [0.717, 1.165) is 103 Å². The molecular weight excluding hydrogens is 612 g/mol. The molecule has 4 N–H and O–H groups in total. The van der Waals surface area contributed by atoms with Gasteiger partial charge >= 0.3 is 0 Å². The zero-order chi connectivity index (χ0) is 33.7. The van der Waals surface area contributed by atoms with Crippen molar-refractivity contribution in [2.24, 2.45) is 18.7 Å². The predicted molar refractivity (Wildman–Crippen MR) is 196 cm³/mol. The molecule has 0 bridgehead atoms. The van der Waals surface area contributed by atoms with Crippen LogP contribution in [0.4, 0.5) is 5.95 Å². The van der Waals surface area contributed by atoms with Gasteiger partial charge in [0, 0.05) is 87.1 Å². The van der Waals surface area contributed by atoms with Crippen molar-refractivity contribution in [2.45, 2.75) is 63.3 Å². The summed E-state index contributed by atoms with van der Waals surface area (Å²) in [4.78, 5) is 31.7. The van der Waals surface area contributed by atoms with Gasteiger partial charge in [0.15, 0.2) is 0 Å². The van der Waals surface area contributed by atoms with Crippen molar-refractivity contribution in [3.05, 3.63) is 88.6 Å². The van der Waals surface area contributed by atoms with Gasteiger partial charge in [0.25, 0.3) is 5.56 Å². The molecule has 1 unspecified atom stereocenters. The van der Waals surface area contributed by atoms with Gasteiger partial charge in [-0.3, -0.25) is 9.69 Å². The Bertz CT molecular complexity index is 2010. The highest BCUT2D eigenvalue weighted by atomic mass is 16.5. The first-order valence-electron chi connectivity index (χ1n) is 18.0. The van der Waals surface area contributed by atoms with Crippen LogP contribution in [0.15, 0.2) is 71.8 Å². The number of hydrogen-bond donors (Lipinski definition) is 3. The Balaban J connectivity index is 1.21. The van der Waals surface area contributed by atoms with Crippen molar-refractivity contribution in [3.63, 3.8) is 0 Å². The number of ether oxygens (including phenoxy) is 1. The van der Waals surface area contributed by atoms with Gasteiger partial charge in [-0.15, -0.1) is 0 Å². The Morgan fingerprint density at radius 1 is 1.00 bits per heavy atom. The summed E-state index contributed by atoms with van der Waals surface area (Å²) in [6.07, 6.45) is 8.11. The van der Waals surface area contributed by atoms with Crippen molar-refractivity contribution in [2.75, 3.05) is 44.2 Å². The van der Waals surface area contributed by atoms with Gasteiger partial charge in [0.1, 0.15) is 11.1 Å². The van der Waals surface area contributed by atoms with Crippen LogP contribution in [0.2, 0.25) is 0 Å². The summed E-state index contributed by atoms with van der Waals surface area (Å²) < 4.78 is 8.62. The molecule has 0 spiro atoms. The number of anilines is 1. The lowest BCUT2D eigenvalue weighted by Crippen LogP contribution is -2.55. The number of piperidine rings is 1. The fraction of sp³-hybridized carbons (Fsp3) is 0.462. The third-order valence-corrected chi connectivity index (χ3v) is 11.0. The minimum absolute atomic E-state index is 0.0527. The number of nitrogens with zero attached hydrogens (tertiary/aromatic N) is 5. The zero-order valence-electron chi connectivity index (χ0n) is 28.9. The Kier molecular flexibility index (Phi) is 8.52. The van der Waals surface area contributed by atoms with Gasteiger partial charge in [0.2, 0.25) is 5.95 Å². The molecule has 256 valence electrons. The van der Waals surface area contributed by atoms with Gasteiger partial charge < -0.3 is 30.2 Å². The van der Waals surface area contributed by atoms with Crippen LogP contribution in [0.3, 0.4) is 0 Å². The summed E-state index contributed by atoms with van der Waals surface area (Å²) >= 11 is 0. The van der Waals surface area contributed by atoms with Crippen LogP contribution in [-0.4, -0.2) is 81.9 Å². The second kappa shape index (κ2) is 13.0. The van der Waals surface area contributed by atoms with Crippen molar-refractivity contribution < 1.29 is 4.74 Å². The Hall–Kier alpha value is -4.09. The maximum absolute atomic E-state index is 12.9. The number of rotatable bonds is 9. The van der Waals surface area contributed by atoms with Gasteiger partial charge in [0.05, 0.1) is 17.3 Å². The highest BCUT2D eigenvalue weighted by Crippen LogP contribution is 2.43. The third kappa shape index (κ3) is 6.05. The summed E-state index contributed by atoms with van der Waals surface area (Å²) in [6, 6.07) is 19.7. The molecule has 2 aliphatic heterocycles. The number of aromatic nitrogens is 4. The van der Waals surface area contributed by atoms with E-state index in [4.69, 9.17) is 20.4 Å².